The van der Waals surface area contributed by atoms with E-state index in [9.17, 15) is 4.21 Å². The van der Waals surface area contributed by atoms with Gasteiger partial charge in [0, 0.05) is 0 Å². The molecule has 6 heteroatoms. The van der Waals surface area contributed by atoms with Crippen LogP contribution in [0.5, 0.6) is 0 Å². The summed E-state index contributed by atoms with van der Waals surface area (Å²) in [5.74, 6) is 0. The highest BCUT2D eigenvalue weighted by atomic mass is 35.5. The van der Waals surface area contributed by atoms with E-state index in [-0.39, 0.29) is 18.8 Å². The molecular formula is C4Cl4OS. The smallest absolute Gasteiger partial charge is 0.131 e. The van der Waals surface area contributed by atoms with Gasteiger partial charge >= 0.3 is 0 Å². The molecular weight excluding hydrogens is 238 g/mol. The van der Waals surface area contributed by atoms with Crippen LogP contribution in [0.2, 0.25) is 0 Å². The van der Waals surface area contributed by atoms with Gasteiger partial charge in [-0.2, -0.15) is 0 Å². The summed E-state index contributed by atoms with van der Waals surface area (Å²) in [5.41, 5.74) is 0. The summed E-state index contributed by atoms with van der Waals surface area (Å²) in [6.45, 7) is 0. The highest BCUT2D eigenvalue weighted by Gasteiger charge is 2.26. The van der Waals surface area contributed by atoms with Crippen molar-refractivity contribution >= 4 is 57.2 Å². The van der Waals surface area contributed by atoms with E-state index in [0.29, 0.717) is 0 Å². The van der Waals surface area contributed by atoms with Gasteiger partial charge in [-0.25, -0.2) is 4.21 Å². The quantitative estimate of drug-likeness (QED) is 0.633. The van der Waals surface area contributed by atoms with E-state index in [4.69, 9.17) is 46.4 Å². The largest absolute Gasteiger partial charge is 0.247 e. The zero-order valence-electron chi connectivity index (χ0n) is 4.33. The molecule has 1 heterocycles. The third-order valence-corrected chi connectivity index (χ3v) is 4.41. The van der Waals surface area contributed by atoms with Crippen molar-refractivity contribution in [1.82, 2.24) is 0 Å². The Morgan fingerprint density at radius 1 is 0.900 bits per heavy atom. The average molecular weight is 238 g/mol. The Balaban J connectivity index is 3.22. The highest BCUT2D eigenvalue weighted by molar-refractivity contribution is 7.96. The van der Waals surface area contributed by atoms with E-state index in [2.05, 4.69) is 0 Å². The van der Waals surface area contributed by atoms with Crippen LogP contribution in [-0.4, -0.2) is 4.21 Å². The summed E-state index contributed by atoms with van der Waals surface area (Å²) < 4.78 is 10.9. The Kier molecular flexibility index (Phi) is 2.69. The SMILES string of the molecule is O=S1C(Cl)=C(Cl)C(Cl)=C1Cl. The first kappa shape index (κ1) is 8.88. The lowest BCUT2D eigenvalue weighted by Gasteiger charge is -1.85. The van der Waals surface area contributed by atoms with Crippen molar-refractivity contribution in [3.63, 3.8) is 0 Å². The van der Waals surface area contributed by atoms with Crippen molar-refractivity contribution in [3.8, 4) is 0 Å². The molecule has 0 aliphatic carbocycles. The molecule has 1 aliphatic rings. The minimum atomic E-state index is -1.55. The maximum absolute atomic E-state index is 10.9. The molecule has 0 amide bonds. The van der Waals surface area contributed by atoms with Crippen LogP contribution in [0.3, 0.4) is 0 Å². The minimum absolute atomic E-state index is 0.00309. The lowest BCUT2D eigenvalue weighted by atomic mass is 10.6. The maximum Gasteiger partial charge on any atom is 0.131 e. The fourth-order valence-corrected chi connectivity index (χ4v) is 2.69. The van der Waals surface area contributed by atoms with Crippen LogP contribution < -0.4 is 0 Å². The molecule has 0 saturated carbocycles. The molecule has 0 N–H and O–H groups in total. The van der Waals surface area contributed by atoms with E-state index in [1.165, 1.54) is 0 Å². The minimum Gasteiger partial charge on any atom is -0.247 e. The van der Waals surface area contributed by atoms with E-state index in [1.54, 1.807) is 0 Å². The normalized spacial score (nSPS) is 21.2. The first-order valence-electron chi connectivity index (χ1n) is 2.08. The van der Waals surface area contributed by atoms with Crippen molar-refractivity contribution < 1.29 is 4.21 Å². The van der Waals surface area contributed by atoms with Gasteiger partial charge in [-0.3, -0.25) is 0 Å². The Bertz CT molecular complexity index is 240. The molecule has 0 aromatic rings. The molecule has 1 nitrogen and oxygen atoms in total. The second-order valence-corrected chi connectivity index (χ2v) is 4.76. The Labute approximate surface area is 80.0 Å². The molecule has 0 aromatic heterocycles. The van der Waals surface area contributed by atoms with Gasteiger partial charge in [0.2, 0.25) is 0 Å². The van der Waals surface area contributed by atoms with Gasteiger partial charge < -0.3 is 0 Å². The molecule has 0 fully saturated rings. The maximum atomic E-state index is 10.9. The van der Waals surface area contributed by atoms with Gasteiger partial charge in [-0.05, 0) is 0 Å². The van der Waals surface area contributed by atoms with Crippen molar-refractivity contribution in [2.75, 3.05) is 0 Å². The van der Waals surface area contributed by atoms with Crippen LogP contribution in [0.4, 0.5) is 0 Å². The topological polar surface area (TPSA) is 17.1 Å². The third-order valence-electron chi connectivity index (χ3n) is 0.863. The van der Waals surface area contributed by atoms with E-state index in [0.717, 1.165) is 0 Å². The van der Waals surface area contributed by atoms with Crippen LogP contribution in [0, 0.1) is 0 Å². The summed E-state index contributed by atoms with van der Waals surface area (Å²) in [6.07, 6.45) is 0. The van der Waals surface area contributed by atoms with Gasteiger partial charge in [-0.1, -0.05) is 46.4 Å². The van der Waals surface area contributed by atoms with E-state index >= 15 is 0 Å². The Hall–Kier alpha value is 0.790. The zero-order chi connectivity index (χ0) is 7.89. The molecule has 0 bridgehead atoms. The third kappa shape index (κ3) is 1.23. The number of rotatable bonds is 0. The van der Waals surface area contributed by atoms with Crippen molar-refractivity contribution in [3.05, 3.63) is 18.8 Å². The molecule has 1 rings (SSSR count). The summed E-state index contributed by atoms with van der Waals surface area (Å²) in [4.78, 5) is 0. The standard InChI is InChI=1S/C4Cl4OS/c5-1-2(6)4(8)10(9)3(1)7. The molecule has 0 aromatic carbocycles. The van der Waals surface area contributed by atoms with Gasteiger partial charge in [0.1, 0.15) is 19.5 Å². The molecule has 0 atom stereocenters. The lowest BCUT2D eigenvalue weighted by molar-refractivity contribution is 0.692. The van der Waals surface area contributed by atoms with E-state index < -0.39 is 10.8 Å². The van der Waals surface area contributed by atoms with Crippen LogP contribution in [0.25, 0.3) is 0 Å². The fraction of sp³-hybridized carbons (Fsp3) is 0. The molecule has 10 heavy (non-hydrogen) atoms. The average Bonchev–Trinajstić information content (AvgIpc) is 2.07. The van der Waals surface area contributed by atoms with Gasteiger partial charge in [0.25, 0.3) is 0 Å². The fourth-order valence-electron chi connectivity index (χ4n) is 0.414. The summed E-state index contributed by atoms with van der Waals surface area (Å²) in [6, 6.07) is 0. The first-order chi connectivity index (χ1) is 4.55. The van der Waals surface area contributed by atoms with Crippen LogP contribution in [0.15, 0.2) is 18.8 Å². The summed E-state index contributed by atoms with van der Waals surface area (Å²) in [7, 11) is -1.55. The molecule has 56 valence electrons. The molecule has 0 spiro atoms. The van der Waals surface area contributed by atoms with Gasteiger partial charge in [0.05, 0.1) is 10.1 Å². The molecule has 0 saturated heterocycles. The van der Waals surface area contributed by atoms with E-state index in [1.807, 2.05) is 0 Å². The number of hydrogen-bond acceptors (Lipinski definition) is 1. The number of allylic oxidation sites excluding steroid dienone is 2. The molecule has 1 aliphatic heterocycles. The number of halogens is 4. The second-order valence-electron chi connectivity index (χ2n) is 1.44. The zero-order valence-corrected chi connectivity index (χ0v) is 8.17. The van der Waals surface area contributed by atoms with Crippen molar-refractivity contribution in [2.45, 2.75) is 0 Å². The monoisotopic (exact) mass is 236 g/mol. The van der Waals surface area contributed by atoms with Gasteiger partial charge in [0.15, 0.2) is 0 Å². The Morgan fingerprint density at radius 3 is 1.30 bits per heavy atom. The van der Waals surface area contributed by atoms with Crippen LogP contribution in [-0.2, 0) is 10.8 Å². The van der Waals surface area contributed by atoms with Crippen LogP contribution >= 0.6 is 46.4 Å². The molecule has 0 radical (unpaired) electrons. The van der Waals surface area contributed by atoms with Gasteiger partial charge in [-0.15, -0.1) is 0 Å². The van der Waals surface area contributed by atoms with Crippen LogP contribution in [0.1, 0.15) is 0 Å². The molecule has 0 unspecified atom stereocenters. The predicted molar refractivity (Wildman–Crippen MR) is 45.6 cm³/mol. The number of hydrogen-bond donors (Lipinski definition) is 0. The summed E-state index contributed by atoms with van der Waals surface area (Å²) >= 11 is 21.8. The van der Waals surface area contributed by atoms with Crippen molar-refractivity contribution in [2.24, 2.45) is 0 Å². The highest BCUT2D eigenvalue weighted by Crippen LogP contribution is 2.41. The lowest BCUT2D eigenvalue weighted by Crippen LogP contribution is -1.81. The summed E-state index contributed by atoms with van der Waals surface area (Å²) in [5, 5.41) is 0.151. The Morgan fingerprint density at radius 2 is 1.20 bits per heavy atom. The predicted octanol–water partition coefficient (Wildman–Crippen LogP) is 3.04. The van der Waals surface area contributed by atoms with Crippen molar-refractivity contribution in [1.29, 1.82) is 0 Å². The first-order valence-corrected chi connectivity index (χ1v) is 4.74. The second kappa shape index (κ2) is 3.03.